The average Bonchev–Trinajstić information content (AvgIpc) is 2.63. The number of likely N-dealkylation sites (N-methyl/N-ethyl adjacent to an activating group) is 2. The molecule has 1 saturated heterocycles. The number of imide groups is 2. The van der Waals surface area contributed by atoms with Gasteiger partial charge in [0, 0.05) is 24.1 Å². The van der Waals surface area contributed by atoms with E-state index in [0.29, 0.717) is 17.9 Å². The van der Waals surface area contributed by atoms with E-state index in [1.807, 2.05) is 31.2 Å². The third-order valence-electron chi connectivity index (χ3n) is 4.22. The summed E-state index contributed by atoms with van der Waals surface area (Å²) >= 11 is 3.44. The molecule has 26 heavy (non-hydrogen) atoms. The maximum atomic E-state index is 12.5. The molecule has 0 bridgehead atoms. The number of ether oxygens (including phenoxy) is 1. The fourth-order valence-electron chi connectivity index (χ4n) is 2.85. The number of amides is 4. The molecule has 0 N–H and O–H groups in total. The van der Waals surface area contributed by atoms with E-state index in [-0.39, 0.29) is 5.57 Å². The van der Waals surface area contributed by atoms with Crippen molar-refractivity contribution in [2.45, 2.75) is 6.92 Å². The lowest BCUT2D eigenvalue weighted by Crippen LogP contribution is -2.52. The zero-order chi connectivity index (χ0) is 19.0. The van der Waals surface area contributed by atoms with Crippen molar-refractivity contribution in [3.8, 4) is 5.75 Å². The van der Waals surface area contributed by atoms with E-state index in [2.05, 4.69) is 15.9 Å². The molecule has 3 rings (SSSR count). The van der Waals surface area contributed by atoms with Crippen LogP contribution in [0.15, 0.2) is 40.4 Å². The monoisotopic (exact) mass is 416 g/mol. The van der Waals surface area contributed by atoms with Gasteiger partial charge in [-0.1, -0.05) is 28.1 Å². The molecule has 0 atom stereocenters. The van der Waals surface area contributed by atoms with Gasteiger partial charge in [0.15, 0.2) is 0 Å². The van der Waals surface area contributed by atoms with Gasteiger partial charge in [-0.25, -0.2) is 4.79 Å². The van der Waals surface area contributed by atoms with Crippen LogP contribution in [0.25, 0.3) is 16.8 Å². The van der Waals surface area contributed by atoms with E-state index in [4.69, 9.17) is 4.74 Å². The Balaban J connectivity index is 2.24. The maximum absolute atomic E-state index is 12.5. The third-order valence-corrected chi connectivity index (χ3v) is 4.71. The smallest absolute Gasteiger partial charge is 0.333 e. The Kier molecular flexibility index (Phi) is 4.82. The van der Waals surface area contributed by atoms with E-state index >= 15 is 0 Å². The second-order valence-corrected chi connectivity index (χ2v) is 6.76. The lowest BCUT2D eigenvalue weighted by molar-refractivity contribution is -0.134. The minimum Gasteiger partial charge on any atom is -0.493 e. The first kappa shape index (κ1) is 18.1. The minimum absolute atomic E-state index is 0.0778. The molecule has 4 amide bonds. The molecule has 134 valence electrons. The summed E-state index contributed by atoms with van der Waals surface area (Å²) in [7, 11) is 2.70. The zero-order valence-electron chi connectivity index (χ0n) is 14.6. The van der Waals surface area contributed by atoms with Crippen LogP contribution in [0, 0.1) is 0 Å². The number of nitrogens with zero attached hydrogens (tertiary/aromatic N) is 2. The first-order valence-corrected chi connectivity index (χ1v) is 8.81. The van der Waals surface area contributed by atoms with Gasteiger partial charge in [0.25, 0.3) is 11.8 Å². The van der Waals surface area contributed by atoms with Crippen LogP contribution in [0.3, 0.4) is 0 Å². The van der Waals surface area contributed by atoms with Crippen LogP contribution in [0.4, 0.5) is 4.79 Å². The molecule has 0 spiro atoms. The lowest BCUT2D eigenvalue weighted by atomic mass is 9.99. The Morgan fingerprint density at radius 2 is 1.69 bits per heavy atom. The lowest BCUT2D eigenvalue weighted by Gasteiger charge is -2.29. The Morgan fingerprint density at radius 1 is 1.04 bits per heavy atom. The number of benzene rings is 2. The highest BCUT2D eigenvalue weighted by atomic mass is 79.9. The van der Waals surface area contributed by atoms with Crippen molar-refractivity contribution in [3.63, 3.8) is 0 Å². The number of carbonyl (C=O) groups excluding carboxylic acids is 3. The van der Waals surface area contributed by atoms with Crippen molar-refractivity contribution in [1.29, 1.82) is 0 Å². The number of fused-ring (bicyclic) bond motifs is 1. The first-order valence-electron chi connectivity index (χ1n) is 8.02. The van der Waals surface area contributed by atoms with E-state index in [1.54, 1.807) is 6.07 Å². The quantitative estimate of drug-likeness (QED) is 0.567. The number of hydrogen-bond donors (Lipinski definition) is 0. The van der Waals surface area contributed by atoms with Gasteiger partial charge in [-0.2, -0.15) is 0 Å². The summed E-state index contributed by atoms with van der Waals surface area (Å²) in [6.45, 7) is 2.30. The maximum Gasteiger partial charge on any atom is 0.333 e. The molecule has 0 saturated carbocycles. The van der Waals surface area contributed by atoms with E-state index in [1.165, 1.54) is 20.2 Å². The van der Waals surface area contributed by atoms with Crippen LogP contribution in [-0.2, 0) is 9.59 Å². The summed E-state index contributed by atoms with van der Waals surface area (Å²) in [6, 6.07) is 8.79. The van der Waals surface area contributed by atoms with Gasteiger partial charge in [0.05, 0.1) is 6.61 Å². The predicted molar refractivity (Wildman–Crippen MR) is 102 cm³/mol. The standard InChI is InChI=1S/C19H17BrN2O4/c1-4-26-16-8-5-11-9-12(20)6-7-13(11)14(16)10-15-17(23)21(2)19(25)22(3)18(15)24/h5-10H,4H2,1-3H3. The predicted octanol–water partition coefficient (Wildman–Crippen LogP) is 3.43. The van der Waals surface area contributed by atoms with Gasteiger partial charge >= 0.3 is 6.03 Å². The molecule has 1 heterocycles. The van der Waals surface area contributed by atoms with Crippen LogP contribution in [0.2, 0.25) is 0 Å². The normalized spacial score (nSPS) is 15.1. The van der Waals surface area contributed by atoms with Gasteiger partial charge < -0.3 is 4.74 Å². The Bertz CT molecular complexity index is 941. The zero-order valence-corrected chi connectivity index (χ0v) is 16.2. The van der Waals surface area contributed by atoms with Crippen molar-refractivity contribution in [3.05, 3.63) is 45.9 Å². The van der Waals surface area contributed by atoms with Gasteiger partial charge in [-0.3, -0.25) is 19.4 Å². The van der Waals surface area contributed by atoms with Crippen LogP contribution in [-0.4, -0.2) is 48.3 Å². The van der Waals surface area contributed by atoms with Crippen LogP contribution >= 0.6 is 15.9 Å². The molecule has 0 aromatic heterocycles. The molecule has 0 unspecified atom stereocenters. The minimum atomic E-state index is -0.649. The summed E-state index contributed by atoms with van der Waals surface area (Å²) < 4.78 is 6.61. The number of rotatable bonds is 3. The Hall–Kier alpha value is -2.67. The highest BCUT2D eigenvalue weighted by Crippen LogP contribution is 2.33. The van der Waals surface area contributed by atoms with Crippen LogP contribution in [0.5, 0.6) is 5.75 Å². The van der Waals surface area contributed by atoms with Crippen molar-refractivity contribution in [2.75, 3.05) is 20.7 Å². The second-order valence-electron chi connectivity index (χ2n) is 5.84. The highest BCUT2D eigenvalue weighted by molar-refractivity contribution is 9.10. The van der Waals surface area contributed by atoms with Gasteiger partial charge in [-0.05, 0) is 42.0 Å². The summed E-state index contributed by atoms with van der Waals surface area (Å²) in [4.78, 5) is 38.8. The highest BCUT2D eigenvalue weighted by Gasteiger charge is 2.38. The van der Waals surface area contributed by atoms with Crippen molar-refractivity contribution in [1.82, 2.24) is 9.80 Å². The molecule has 1 aliphatic heterocycles. The van der Waals surface area contributed by atoms with Crippen LogP contribution < -0.4 is 4.74 Å². The molecular weight excluding hydrogens is 400 g/mol. The fraction of sp³-hybridized carbons (Fsp3) is 0.211. The summed E-state index contributed by atoms with van der Waals surface area (Å²) in [5.74, 6) is -0.693. The number of halogens is 1. The van der Waals surface area contributed by atoms with Crippen molar-refractivity contribution >= 4 is 50.6 Å². The molecule has 6 nitrogen and oxygen atoms in total. The van der Waals surface area contributed by atoms with E-state index in [0.717, 1.165) is 25.0 Å². The summed E-state index contributed by atoms with van der Waals surface area (Å²) in [5.41, 5.74) is 0.552. The molecule has 2 aromatic carbocycles. The molecule has 0 aliphatic carbocycles. The average molecular weight is 417 g/mol. The van der Waals surface area contributed by atoms with Crippen molar-refractivity contribution in [2.24, 2.45) is 0 Å². The second kappa shape index (κ2) is 6.92. The fourth-order valence-corrected chi connectivity index (χ4v) is 3.23. The third kappa shape index (κ3) is 2.99. The number of barbiturate groups is 1. The molecule has 1 fully saturated rings. The largest absolute Gasteiger partial charge is 0.493 e. The van der Waals surface area contributed by atoms with Gasteiger partial charge in [-0.15, -0.1) is 0 Å². The molecule has 2 aromatic rings. The Morgan fingerprint density at radius 3 is 2.31 bits per heavy atom. The molecule has 1 aliphatic rings. The number of hydrogen-bond acceptors (Lipinski definition) is 4. The summed E-state index contributed by atoms with van der Waals surface area (Å²) in [6.07, 6.45) is 1.51. The topological polar surface area (TPSA) is 66.9 Å². The van der Waals surface area contributed by atoms with Crippen LogP contribution in [0.1, 0.15) is 12.5 Å². The van der Waals surface area contributed by atoms with Gasteiger partial charge in [0.2, 0.25) is 0 Å². The van der Waals surface area contributed by atoms with E-state index in [9.17, 15) is 14.4 Å². The van der Waals surface area contributed by atoms with E-state index < -0.39 is 17.8 Å². The molecular formula is C19H17BrN2O4. The Labute approximate surface area is 159 Å². The SMILES string of the molecule is CCOc1ccc2cc(Br)ccc2c1C=C1C(=O)N(C)C(=O)N(C)C1=O. The molecule has 0 radical (unpaired) electrons. The summed E-state index contributed by atoms with van der Waals surface area (Å²) in [5, 5.41) is 1.78. The number of urea groups is 1. The van der Waals surface area contributed by atoms with Gasteiger partial charge in [0.1, 0.15) is 11.3 Å². The first-order chi connectivity index (χ1) is 12.3. The van der Waals surface area contributed by atoms with Crippen molar-refractivity contribution < 1.29 is 19.1 Å². The molecule has 7 heteroatoms. The number of carbonyl (C=O) groups is 3.